The molecule has 3 rings (SSSR count). The molecule has 0 saturated carbocycles. The Hall–Kier alpha value is -2.56. The van der Waals surface area contributed by atoms with Crippen LogP contribution in [0.15, 0.2) is 47.3 Å². The van der Waals surface area contributed by atoms with E-state index in [1.165, 1.54) is 6.33 Å². The molecule has 1 unspecified atom stereocenters. The lowest BCUT2D eigenvalue weighted by atomic mass is 10.2. The van der Waals surface area contributed by atoms with Crippen LogP contribution in [0.5, 0.6) is 0 Å². The van der Waals surface area contributed by atoms with Gasteiger partial charge in [-0.25, -0.2) is 9.97 Å². The molecular formula is C14H14N4O. The Morgan fingerprint density at radius 3 is 2.95 bits per heavy atom. The molecule has 2 heterocycles. The van der Waals surface area contributed by atoms with Gasteiger partial charge in [-0.3, -0.25) is 0 Å². The molecule has 19 heavy (non-hydrogen) atoms. The van der Waals surface area contributed by atoms with Crippen LogP contribution >= 0.6 is 0 Å². The largest absolute Gasteiger partial charge is 0.467 e. The van der Waals surface area contributed by atoms with Crippen LogP contribution in [0.25, 0.3) is 10.9 Å². The SMILES string of the molecule is CC(Nc1ncnc2cc(N)ccc12)c1ccco1. The monoisotopic (exact) mass is 254 g/mol. The van der Waals surface area contributed by atoms with Crippen LogP contribution in [0, 0.1) is 0 Å². The Morgan fingerprint density at radius 2 is 2.16 bits per heavy atom. The summed E-state index contributed by atoms with van der Waals surface area (Å²) in [6.45, 7) is 2.02. The van der Waals surface area contributed by atoms with Crippen molar-refractivity contribution >= 4 is 22.4 Å². The molecule has 0 saturated heterocycles. The van der Waals surface area contributed by atoms with Gasteiger partial charge in [0.15, 0.2) is 0 Å². The smallest absolute Gasteiger partial charge is 0.137 e. The quantitative estimate of drug-likeness (QED) is 0.702. The molecule has 96 valence electrons. The van der Waals surface area contributed by atoms with Crippen LogP contribution in [-0.4, -0.2) is 9.97 Å². The van der Waals surface area contributed by atoms with Crippen LogP contribution in [0.4, 0.5) is 11.5 Å². The minimum Gasteiger partial charge on any atom is -0.467 e. The van der Waals surface area contributed by atoms with Crippen molar-refractivity contribution < 1.29 is 4.42 Å². The summed E-state index contributed by atoms with van der Waals surface area (Å²) in [7, 11) is 0. The molecule has 5 heteroatoms. The first-order valence-corrected chi connectivity index (χ1v) is 6.04. The molecule has 0 aliphatic rings. The van der Waals surface area contributed by atoms with E-state index in [2.05, 4.69) is 15.3 Å². The number of nitrogens with zero attached hydrogens (tertiary/aromatic N) is 2. The van der Waals surface area contributed by atoms with Gasteiger partial charge < -0.3 is 15.5 Å². The third kappa shape index (κ3) is 2.22. The summed E-state index contributed by atoms with van der Waals surface area (Å²) < 4.78 is 5.37. The molecule has 2 aromatic heterocycles. The molecule has 3 N–H and O–H groups in total. The van der Waals surface area contributed by atoms with Crippen molar-refractivity contribution in [3.05, 3.63) is 48.7 Å². The molecular weight excluding hydrogens is 240 g/mol. The highest BCUT2D eigenvalue weighted by Gasteiger charge is 2.11. The second kappa shape index (κ2) is 4.61. The number of nitrogens with two attached hydrogens (primary N) is 1. The Balaban J connectivity index is 1.97. The van der Waals surface area contributed by atoms with Crippen molar-refractivity contribution in [1.82, 2.24) is 9.97 Å². The van der Waals surface area contributed by atoms with Crippen molar-refractivity contribution in [2.24, 2.45) is 0 Å². The van der Waals surface area contributed by atoms with Crippen LogP contribution in [0.1, 0.15) is 18.7 Å². The summed E-state index contributed by atoms with van der Waals surface area (Å²) in [4.78, 5) is 8.50. The fourth-order valence-electron chi connectivity index (χ4n) is 2.00. The van der Waals surface area contributed by atoms with Crippen molar-refractivity contribution in [2.75, 3.05) is 11.1 Å². The van der Waals surface area contributed by atoms with Crippen molar-refractivity contribution in [2.45, 2.75) is 13.0 Å². The number of hydrogen-bond donors (Lipinski definition) is 2. The number of furan rings is 1. The van der Waals surface area contributed by atoms with Gasteiger partial charge in [0.25, 0.3) is 0 Å². The first-order chi connectivity index (χ1) is 9.24. The van der Waals surface area contributed by atoms with Gasteiger partial charge in [0, 0.05) is 11.1 Å². The molecule has 0 aliphatic carbocycles. The summed E-state index contributed by atoms with van der Waals surface area (Å²) >= 11 is 0. The normalized spacial score (nSPS) is 12.5. The van der Waals surface area contributed by atoms with Gasteiger partial charge in [0.1, 0.15) is 17.9 Å². The van der Waals surface area contributed by atoms with Crippen molar-refractivity contribution in [3.63, 3.8) is 0 Å². The highest BCUT2D eigenvalue weighted by molar-refractivity contribution is 5.90. The first-order valence-electron chi connectivity index (χ1n) is 6.04. The molecule has 0 amide bonds. The lowest BCUT2D eigenvalue weighted by Crippen LogP contribution is -2.07. The number of hydrogen-bond acceptors (Lipinski definition) is 5. The first kappa shape index (κ1) is 11.5. The molecule has 0 spiro atoms. The molecule has 0 aliphatic heterocycles. The zero-order chi connectivity index (χ0) is 13.2. The van der Waals surface area contributed by atoms with E-state index >= 15 is 0 Å². The maximum Gasteiger partial charge on any atom is 0.137 e. The van der Waals surface area contributed by atoms with Crippen molar-refractivity contribution in [1.29, 1.82) is 0 Å². The second-order valence-corrected chi connectivity index (χ2v) is 4.38. The van der Waals surface area contributed by atoms with E-state index in [4.69, 9.17) is 10.2 Å². The fraction of sp³-hybridized carbons (Fsp3) is 0.143. The zero-order valence-corrected chi connectivity index (χ0v) is 10.5. The average Bonchev–Trinajstić information content (AvgIpc) is 2.92. The Kier molecular flexibility index (Phi) is 2.79. The highest BCUT2D eigenvalue weighted by atomic mass is 16.3. The van der Waals surface area contributed by atoms with Gasteiger partial charge >= 0.3 is 0 Å². The number of benzene rings is 1. The van der Waals surface area contributed by atoms with Gasteiger partial charge in [-0.05, 0) is 37.3 Å². The standard InChI is InChI=1S/C14H14N4O/c1-9(13-3-2-6-19-13)18-14-11-5-4-10(15)7-12(11)16-8-17-14/h2-9H,15H2,1H3,(H,16,17,18). The Labute approximate surface area is 110 Å². The number of rotatable bonds is 3. The highest BCUT2D eigenvalue weighted by Crippen LogP contribution is 2.25. The lowest BCUT2D eigenvalue weighted by Gasteiger charge is -2.13. The minimum atomic E-state index is 0.0330. The van der Waals surface area contributed by atoms with E-state index in [-0.39, 0.29) is 6.04 Å². The summed E-state index contributed by atoms with van der Waals surface area (Å²) in [5.41, 5.74) is 7.27. The van der Waals surface area contributed by atoms with Crippen molar-refractivity contribution in [3.8, 4) is 0 Å². The predicted molar refractivity (Wildman–Crippen MR) is 74.7 cm³/mol. The maximum atomic E-state index is 5.76. The Bertz CT molecular complexity index is 694. The van der Waals surface area contributed by atoms with Crippen LogP contribution in [0.3, 0.4) is 0 Å². The number of nitrogens with one attached hydrogen (secondary N) is 1. The summed E-state index contributed by atoms with van der Waals surface area (Å²) in [6.07, 6.45) is 3.19. The molecule has 1 aromatic carbocycles. The summed E-state index contributed by atoms with van der Waals surface area (Å²) in [5.74, 6) is 1.64. The van der Waals surface area contributed by atoms with E-state index in [0.717, 1.165) is 22.5 Å². The summed E-state index contributed by atoms with van der Waals surface area (Å²) in [6, 6.07) is 9.42. The average molecular weight is 254 g/mol. The number of anilines is 2. The number of nitrogen functional groups attached to an aromatic ring is 1. The van der Waals surface area contributed by atoms with E-state index in [1.54, 1.807) is 6.26 Å². The zero-order valence-electron chi connectivity index (χ0n) is 10.5. The third-order valence-corrected chi connectivity index (χ3v) is 2.98. The maximum absolute atomic E-state index is 5.76. The van der Waals surface area contributed by atoms with Gasteiger partial charge in [-0.1, -0.05) is 0 Å². The number of aromatic nitrogens is 2. The van der Waals surface area contributed by atoms with E-state index in [9.17, 15) is 0 Å². The summed E-state index contributed by atoms with van der Waals surface area (Å²) in [5, 5.41) is 4.26. The number of fused-ring (bicyclic) bond motifs is 1. The fourth-order valence-corrected chi connectivity index (χ4v) is 2.00. The van der Waals surface area contributed by atoms with Crippen LogP contribution in [-0.2, 0) is 0 Å². The molecule has 0 bridgehead atoms. The lowest BCUT2D eigenvalue weighted by molar-refractivity contribution is 0.490. The molecule has 0 radical (unpaired) electrons. The van der Waals surface area contributed by atoms with E-state index in [0.29, 0.717) is 5.69 Å². The third-order valence-electron chi connectivity index (χ3n) is 2.98. The molecule has 0 fully saturated rings. The topological polar surface area (TPSA) is 77.0 Å². The predicted octanol–water partition coefficient (Wildman–Crippen LogP) is 2.98. The second-order valence-electron chi connectivity index (χ2n) is 4.38. The van der Waals surface area contributed by atoms with E-state index in [1.807, 2.05) is 37.3 Å². The van der Waals surface area contributed by atoms with E-state index < -0.39 is 0 Å². The minimum absolute atomic E-state index is 0.0330. The molecule has 3 aromatic rings. The van der Waals surface area contributed by atoms with Gasteiger partial charge in [-0.2, -0.15) is 0 Å². The molecule has 5 nitrogen and oxygen atoms in total. The van der Waals surface area contributed by atoms with Gasteiger partial charge in [0.2, 0.25) is 0 Å². The Morgan fingerprint density at radius 1 is 1.26 bits per heavy atom. The van der Waals surface area contributed by atoms with Crippen LogP contribution < -0.4 is 11.1 Å². The van der Waals surface area contributed by atoms with Crippen LogP contribution in [0.2, 0.25) is 0 Å². The molecule has 1 atom stereocenters. The van der Waals surface area contributed by atoms with Gasteiger partial charge in [-0.15, -0.1) is 0 Å². The van der Waals surface area contributed by atoms with Gasteiger partial charge in [0.05, 0.1) is 17.8 Å².